The minimum absolute atomic E-state index is 0.149. The zero-order valence-corrected chi connectivity index (χ0v) is 18.0. The molecule has 1 aliphatic rings. The van der Waals surface area contributed by atoms with Crippen LogP contribution in [-0.4, -0.2) is 43.2 Å². The Morgan fingerprint density at radius 2 is 1.96 bits per heavy atom. The van der Waals surface area contributed by atoms with E-state index >= 15 is 0 Å². The highest BCUT2D eigenvalue weighted by Gasteiger charge is 2.22. The maximum absolute atomic E-state index is 12.7. The van der Waals surface area contributed by atoms with Crippen molar-refractivity contribution in [3.8, 4) is 0 Å². The minimum atomic E-state index is -3.58. The molecule has 0 radical (unpaired) electrons. The lowest BCUT2D eigenvalue weighted by Gasteiger charge is -2.18. The van der Waals surface area contributed by atoms with Gasteiger partial charge in [0.15, 0.2) is 0 Å². The first-order valence-electron chi connectivity index (χ1n) is 9.81. The molecule has 0 spiro atoms. The van der Waals surface area contributed by atoms with Crippen molar-refractivity contribution in [2.45, 2.75) is 50.8 Å². The number of hydrogen-bond acceptors (Lipinski definition) is 5. The lowest BCUT2D eigenvalue weighted by Crippen LogP contribution is -2.31. The first-order valence-corrected chi connectivity index (χ1v) is 12.1. The van der Waals surface area contributed by atoms with Gasteiger partial charge in [0.2, 0.25) is 10.0 Å². The molecule has 1 aromatic heterocycles. The summed E-state index contributed by atoms with van der Waals surface area (Å²) in [5, 5.41) is 3.94. The number of nitrogens with one attached hydrogen (secondary N) is 1. The Bertz CT molecular complexity index is 910. The smallest absolute Gasteiger partial charge is 0.251 e. The van der Waals surface area contributed by atoms with E-state index in [1.165, 1.54) is 39.9 Å². The quantitative estimate of drug-likeness (QED) is 0.711. The molecular weight excluding hydrogens is 394 g/mol. The average Bonchev–Trinajstić information content (AvgIpc) is 3.11. The Kier molecular flexibility index (Phi) is 6.85. The fourth-order valence-electron chi connectivity index (χ4n) is 3.41. The number of amides is 1. The molecule has 1 aliphatic carbocycles. The van der Waals surface area contributed by atoms with E-state index in [-0.39, 0.29) is 10.8 Å². The van der Waals surface area contributed by atoms with E-state index in [9.17, 15) is 13.2 Å². The van der Waals surface area contributed by atoms with E-state index in [0.717, 1.165) is 17.8 Å². The van der Waals surface area contributed by atoms with Crippen molar-refractivity contribution in [1.82, 2.24) is 14.6 Å². The summed E-state index contributed by atoms with van der Waals surface area (Å²) in [6.07, 6.45) is 5.32. The van der Waals surface area contributed by atoms with Crippen molar-refractivity contribution in [2.24, 2.45) is 0 Å². The van der Waals surface area contributed by atoms with E-state index < -0.39 is 10.0 Å². The second-order valence-electron chi connectivity index (χ2n) is 6.81. The highest BCUT2D eigenvalue weighted by atomic mass is 32.2. The van der Waals surface area contributed by atoms with Gasteiger partial charge < -0.3 is 5.32 Å². The molecule has 3 rings (SSSR count). The molecule has 0 saturated carbocycles. The topological polar surface area (TPSA) is 79.4 Å². The summed E-state index contributed by atoms with van der Waals surface area (Å²) in [5.74, 6) is -0.266. The van der Waals surface area contributed by atoms with Gasteiger partial charge >= 0.3 is 0 Å². The van der Waals surface area contributed by atoms with Gasteiger partial charge in [0.05, 0.1) is 15.6 Å². The summed E-state index contributed by atoms with van der Waals surface area (Å²) in [5.41, 5.74) is 1.58. The minimum Gasteiger partial charge on any atom is -0.352 e. The third-order valence-electron chi connectivity index (χ3n) is 4.95. The van der Waals surface area contributed by atoms with Gasteiger partial charge in [-0.3, -0.25) is 4.79 Å². The number of hydrogen-bond donors (Lipinski definition) is 1. The van der Waals surface area contributed by atoms with Crippen molar-refractivity contribution >= 4 is 27.3 Å². The molecule has 0 fully saturated rings. The summed E-state index contributed by atoms with van der Waals surface area (Å²) in [6, 6.07) is 6.23. The molecular formula is C20H27N3O3S2. The summed E-state index contributed by atoms with van der Waals surface area (Å²) in [4.78, 5) is 18.7. The predicted octanol–water partition coefficient (Wildman–Crippen LogP) is 3.02. The molecule has 1 amide bonds. The van der Waals surface area contributed by atoms with Crippen LogP contribution in [0, 0.1) is 0 Å². The number of thiazole rings is 1. The fraction of sp³-hybridized carbons (Fsp3) is 0.500. The SMILES string of the molecule is CCN(CC)S(=O)(=O)c1cccc(C(=O)NCCc2nc3c(s2)CCCC3)c1. The Balaban J connectivity index is 1.62. The van der Waals surface area contributed by atoms with Gasteiger partial charge in [-0.25, -0.2) is 13.4 Å². The largest absolute Gasteiger partial charge is 0.352 e. The van der Waals surface area contributed by atoms with Crippen LogP contribution in [0.1, 0.15) is 52.6 Å². The second kappa shape index (κ2) is 9.15. The van der Waals surface area contributed by atoms with Crippen molar-refractivity contribution in [2.75, 3.05) is 19.6 Å². The average molecular weight is 422 g/mol. The van der Waals surface area contributed by atoms with Crippen molar-refractivity contribution < 1.29 is 13.2 Å². The summed E-state index contributed by atoms with van der Waals surface area (Å²) in [6.45, 7) is 4.88. The number of fused-ring (bicyclic) bond motifs is 1. The Labute approximate surface area is 171 Å². The molecule has 2 aromatic rings. The van der Waals surface area contributed by atoms with Crippen LogP contribution in [0.15, 0.2) is 29.2 Å². The zero-order chi connectivity index (χ0) is 20.1. The van der Waals surface area contributed by atoms with Gasteiger partial charge in [0.25, 0.3) is 5.91 Å². The number of benzene rings is 1. The van der Waals surface area contributed by atoms with Crippen LogP contribution in [0.4, 0.5) is 0 Å². The summed E-state index contributed by atoms with van der Waals surface area (Å²) in [7, 11) is -3.58. The molecule has 152 valence electrons. The molecule has 0 saturated heterocycles. The number of rotatable bonds is 8. The molecule has 1 aromatic carbocycles. The molecule has 0 unspecified atom stereocenters. The lowest BCUT2D eigenvalue weighted by molar-refractivity contribution is 0.0954. The van der Waals surface area contributed by atoms with Crippen LogP contribution in [0.25, 0.3) is 0 Å². The molecule has 28 heavy (non-hydrogen) atoms. The van der Waals surface area contributed by atoms with Gasteiger partial charge in [-0.05, 0) is 43.9 Å². The third kappa shape index (κ3) is 4.61. The Morgan fingerprint density at radius 3 is 2.68 bits per heavy atom. The first-order chi connectivity index (χ1) is 13.5. The number of aromatic nitrogens is 1. The Morgan fingerprint density at radius 1 is 1.21 bits per heavy atom. The molecule has 0 bridgehead atoms. The van der Waals surface area contributed by atoms with E-state index in [2.05, 4.69) is 10.3 Å². The predicted molar refractivity (Wildman–Crippen MR) is 111 cm³/mol. The van der Waals surface area contributed by atoms with Gasteiger partial charge in [0.1, 0.15) is 0 Å². The molecule has 1 N–H and O–H groups in total. The molecule has 0 atom stereocenters. The van der Waals surface area contributed by atoms with Crippen molar-refractivity contribution in [3.63, 3.8) is 0 Å². The second-order valence-corrected chi connectivity index (χ2v) is 9.91. The maximum atomic E-state index is 12.7. The van der Waals surface area contributed by atoms with Crippen molar-refractivity contribution in [1.29, 1.82) is 0 Å². The van der Waals surface area contributed by atoms with Crippen LogP contribution in [0.2, 0.25) is 0 Å². The van der Waals surface area contributed by atoms with Gasteiger partial charge in [-0.2, -0.15) is 4.31 Å². The number of aryl methyl sites for hydroxylation is 2. The third-order valence-corrected chi connectivity index (χ3v) is 8.22. The molecule has 1 heterocycles. The summed E-state index contributed by atoms with van der Waals surface area (Å²) < 4.78 is 26.7. The number of nitrogens with zero attached hydrogens (tertiary/aromatic N) is 2. The Hall–Kier alpha value is -1.77. The van der Waals surface area contributed by atoms with Crippen LogP contribution in [-0.2, 0) is 29.3 Å². The van der Waals surface area contributed by atoms with Gasteiger partial charge in [-0.1, -0.05) is 19.9 Å². The number of sulfonamides is 1. The monoisotopic (exact) mass is 421 g/mol. The van der Waals surface area contributed by atoms with Crippen LogP contribution >= 0.6 is 11.3 Å². The molecule has 0 aliphatic heterocycles. The zero-order valence-electron chi connectivity index (χ0n) is 16.4. The van der Waals surface area contributed by atoms with Crippen LogP contribution in [0.5, 0.6) is 0 Å². The molecule has 6 nitrogen and oxygen atoms in total. The van der Waals surface area contributed by atoms with E-state index in [1.54, 1.807) is 37.3 Å². The van der Waals surface area contributed by atoms with E-state index in [0.29, 0.717) is 31.6 Å². The van der Waals surface area contributed by atoms with E-state index in [1.807, 2.05) is 0 Å². The number of carbonyl (C=O) groups excluding carboxylic acids is 1. The highest BCUT2D eigenvalue weighted by Crippen LogP contribution is 2.26. The fourth-order valence-corrected chi connectivity index (χ4v) is 6.07. The number of carbonyl (C=O) groups is 1. The van der Waals surface area contributed by atoms with E-state index in [4.69, 9.17) is 0 Å². The van der Waals surface area contributed by atoms with Gasteiger partial charge in [-0.15, -0.1) is 11.3 Å². The maximum Gasteiger partial charge on any atom is 0.251 e. The lowest BCUT2D eigenvalue weighted by atomic mass is 10.0. The summed E-state index contributed by atoms with van der Waals surface area (Å²) >= 11 is 1.75. The highest BCUT2D eigenvalue weighted by molar-refractivity contribution is 7.89. The van der Waals surface area contributed by atoms with Gasteiger partial charge in [0, 0.05) is 36.5 Å². The molecule has 8 heteroatoms. The first kappa shape index (κ1) is 21.0. The standard InChI is InChI=1S/C20H27N3O3S2/c1-3-23(4-2)28(25,26)16-9-7-8-15(14-16)20(24)21-13-12-19-22-17-10-5-6-11-18(17)27-19/h7-9,14H,3-6,10-13H2,1-2H3,(H,21,24). The van der Waals surface area contributed by atoms with Crippen LogP contribution in [0.3, 0.4) is 0 Å². The normalized spacial score (nSPS) is 14.1. The van der Waals surface area contributed by atoms with Crippen LogP contribution < -0.4 is 5.32 Å². The van der Waals surface area contributed by atoms with Crippen molar-refractivity contribution in [3.05, 3.63) is 45.4 Å².